The van der Waals surface area contributed by atoms with Crippen LogP contribution in [-0.4, -0.2) is 78.6 Å². The lowest BCUT2D eigenvalue weighted by atomic mass is 9.97. The van der Waals surface area contributed by atoms with Crippen LogP contribution in [0.5, 0.6) is 0 Å². The lowest BCUT2D eigenvalue weighted by molar-refractivity contribution is -0.122. The van der Waals surface area contributed by atoms with Crippen LogP contribution in [-0.2, 0) is 32.7 Å². The van der Waals surface area contributed by atoms with Crippen molar-refractivity contribution in [2.75, 3.05) is 40.2 Å². The van der Waals surface area contributed by atoms with E-state index in [1.807, 2.05) is 19.3 Å². The van der Waals surface area contributed by atoms with E-state index in [1.165, 1.54) is 32.2 Å². The number of amides is 2. The molecule has 0 bridgehead atoms. The number of aliphatic hydroxyl groups is 1. The molecule has 0 radical (unpaired) electrons. The van der Waals surface area contributed by atoms with Crippen molar-refractivity contribution in [2.24, 2.45) is 5.41 Å². The highest BCUT2D eigenvalue weighted by molar-refractivity contribution is 8.13. The SMILES string of the molecule is CC1CCC(SN(C)/C=C/C(=O)NC=O)O1.COP(OC)OCCSC(=O)C(C)(C)CO. The average molecular weight is 515 g/mol. The second kappa shape index (κ2) is 17.7. The van der Waals surface area contributed by atoms with Crippen LogP contribution in [0.1, 0.15) is 33.6 Å². The van der Waals surface area contributed by atoms with Gasteiger partial charge in [0.05, 0.1) is 24.7 Å². The molecule has 1 rings (SSSR count). The molecule has 1 aliphatic rings. The van der Waals surface area contributed by atoms with Gasteiger partial charge >= 0.3 is 8.60 Å². The van der Waals surface area contributed by atoms with E-state index in [1.54, 1.807) is 24.4 Å². The first-order valence-electron chi connectivity index (χ1n) is 9.86. The Labute approximate surface area is 200 Å². The Hall–Kier alpha value is -0.720. The molecule has 0 aromatic heterocycles. The normalized spacial score (nSPS) is 18.4. The quantitative estimate of drug-likeness (QED) is 0.124. The van der Waals surface area contributed by atoms with Crippen LogP contribution < -0.4 is 5.32 Å². The number of hydrogen-bond acceptors (Lipinski definition) is 11. The topological polar surface area (TPSA) is 124 Å². The van der Waals surface area contributed by atoms with Gasteiger partial charge in [0.1, 0.15) is 5.44 Å². The van der Waals surface area contributed by atoms with Gasteiger partial charge in [-0.05, 0) is 45.6 Å². The van der Waals surface area contributed by atoms with Crippen LogP contribution in [0.4, 0.5) is 0 Å². The molecule has 1 heterocycles. The first-order chi connectivity index (χ1) is 15.1. The third kappa shape index (κ3) is 14.4. The van der Waals surface area contributed by atoms with Gasteiger partial charge in [-0.1, -0.05) is 11.8 Å². The van der Waals surface area contributed by atoms with E-state index in [9.17, 15) is 14.4 Å². The fourth-order valence-corrected chi connectivity index (χ4v) is 4.54. The Kier molecular flexibility index (Phi) is 17.3. The van der Waals surface area contributed by atoms with E-state index in [0.29, 0.717) is 24.9 Å². The fraction of sp³-hybridized carbons (Fsp3) is 0.737. The van der Waals surface area contributed by atoms with E-state index < -0.39 is 19.9 Å². The summed E-state index contributed by atoms with van der Waals surface area (Å²) in [7, 11) is 3.55. The second-order valence-electron chi connectivity index (χ2n) is 7.15. The molecule has 0 saturated carbocycles. The highest BCUT2D eigenvalue weighted by Crippen LogP contribution is 2.37. The Morgan fingerprint density at radius 1 is 1.31 bits per heavy atom. The lowest BCUT2D eigenvalue weighted by Crippen LogP contribution is -2.26. The van der Waals surface area contributed by atoms with Gasteiger partial charge in [0, 0.05) is 39.3 Å². The average Bonchev–Trinajstić information content (AvgIpc) is 3.17. The van der Waals surface area contributed by atoms with Gasteiger partial charge in [-0.15, -0.1) is 0 Å². The smallest absolute Gasteiger partial charge is 0.332 e. The summed E-state index contributed by atoms with van der Waals surface area (Å²) in [5.41, 5.74) is -0.545. The number of ether oxygens (including phenoxy) is 1. The number of nitrogens with one attached hydrogen (secondary N) is 1. The van der Waals surface area contributed by atoms with Crippen molar-refractivity contribution in [3.63, 3.8) is 0 Å². The third-order valence-electron chi connectivity index (χ3n) is 3.87. The molecule has 32 heavy (non-hydrogen) atoms. The summed E-state index contributed by atoms with van der Waals surface area (Å²) in [6, 6.07) is 0. The van der Waals surface area contributed by atoms with Crippen molar-refractivity contribution in [3.05, 3.63) is 12.3 Å². The summed E-state index contributed by atoms with van der Waals surface area (Å²) in [6.45, 7) is 5.70. The maximum Gasteiger partial charge on any atom is 0.332 e. The summed E-state index contributed by atoms with van der Waals surface area (Å²) in [5, 5.41) is 11.0. The number of carbonyl (C=O) groups excluding carboxylic acids is 3. The number of rotatable bonds is 13. The first-order valence-corrected chi connectivity index (χ1v) is 12.8. The number of thioether (sulfide) groups is 1. The van der Waals surface area contributed by atoms with E-state index in [0.717, 1.165) is 24.6 Å². The van der Waals surface area contributed by atoms with Crippen molar-refractivity contribution in [2.45, 2.75) is 45.2 Å². The molecule has 2 N–H and O–H groups in total. The van der Waals surface area contributed by atoms with Crippen LogP contribution in [0.15, 0.2) is 12.3 Å². The molecule has 0 aromatic carbocycles. The number of nitrogens with zero attached hydrogens (tertiary/aromatic N) is 1. The molecule has 13 heteroatoms. The minimum Gasteiger partial charge on any atom is -0.395 e. The van der Waals surface area contributed by atoms with Crippen molar-refractivity contribution < 1.29 is 37.8 Å². The van der Waals surface area contributed by atoms with Crippen molar-refractivity contribution in [1.29, 1.82) is 0 Å². The van der Waals surface area contributed by atoms with Crippen LogP contribution in [0.3, 0.4) is 0 Å². The molecule has 186 valence electrons. The van der Waals surface area contributed by atoms with Crippen molar-refractivity contribution in [1.82, 2.24) is 9.62 Å². The van der Waals surface area contributed by atoms with Crippen LogP contribution >= 0.6 is 32.3 Å². The predicted molar refractivity (Wildman–Crippen MR) is 127 cm³/mol. The molecule has 1 aliphatic heterocycles. The fourth-order valence-electron chi connectivity index (χ4n) is 2.03. The van der Waals surface area contributed by atoms with Crippen molar-refractivity contribution in [3.8, 4) is 0 Å². The van der Waals surface area contributed by atoms with Crippen LogP contribution in [0.2, 0.25) is 0 Å². The first kappa shape index (κ1) is 31.3. The molecule has 0 spiro atoms. The number of aliphatic hydroxyl groups excluding tert-OH is 1. The van der Waals surface area contributed by atoms with E-state index >= 15 is 0 Å². The lowest BCUT2D eigenvalue weighted by Gasteiger charge is -2.19. The molecule has 2 atom stereocenters. The minimum atomic E-state index is -1.29. The zero-order valence-corrected chi connectivity index (χ0v) is 22.0. The van der Waals surface area contributed by atoms with E-state index in [-0.39, 0.29) is 17.2 Å². The zero-order valence-electron chi connectivity index (χ0n) is 19.4. The van der Waals surface area contributed by atoms with Gasteiger partial charge in [0.15, 0.2) is 5.12 Å². The number of carbonyl (C=O) groups is 3. The summed E-state index contributed by atoms with van der Waals surface area (Å²) in [5.74, 6) is 0.0940. The molecule has 0 aromatic rings. The van der Waals surface area contributed by atoms with E-state index in [2.05, 4.69) is 0 Å². The van der Waals surface area contributed by atoms with Gasteiger partial charge in [-0.2, -0.15) is 0 Å². The second-order valence-corrected chi connectivity index (χ2v) is 11.0. The molecule has 1 saturated heterocycles. The molecule has 2 amide bonds. The largest absolute Gasteiger partial charge is 0.395 e. The molecule has 10 nitrogen and oxygen atoms in total. The molecular weight excluding hydrogens is 479 g/mol. The zero-order chi connectivity index (χ0) is 24.6. The summed E-state index contributed by atoms with van der Waals surface area (Å²) in [4.78, 5) is 32.5. The highest BCUT2D eigenvalue weighted by Gasteiger charge is 2.26. The monoisotopic (exact) mass is 514 g/mol. The molecular formula is C19H35N2O8PS2. The van der Waals surface area contributed by atoms with Gasteiger partial charge in [-0.3, -0.25) is 19.7 Å². The van der Waals surface area contributed by atoms with Crippen molar-refractivity contribution >= 4 is 49.7 Å². The Morgan fingerprint density at radius 3 is 2.47 bits per heavy atom. The number of imide groups is 1. The molecule has 2 unspecified atom stereocenters. The molecule has 1 fully saturated rings. The summed E-state index contributed by atoms with van der Waals surface area (Å²) < 4.78 is 22.4. The Balaban J connectivity index is 0.000000601. The van der Waals surface area contributed by atoms with Gasteiger partial charge < -0.3 is 27.7 Å². The van der Waals surface area contributed by atoms with Crippen LogP contribution in [0, 0.1) is 5.41 Å². The Morgan fingerprint density at radius 2 is 1.97 bits per heavy atom. The maximum atomic E-state index is 11.6. The van der Waals surface area contributed by atoms with E-state index in [4.69, 9.17) is 23.4 Å². The predicted octanol–water partition coefficient (Wildman–Crippen LogP) is 2.68. The van der Waals surface area contributed by atoms with Gasteiger partial charge in [-0.25, -0.2) is 0 Å². The van der Waals surface area contributed by atoms with Gasteiger partial charge in [0.25, 0.3) is 5.91 Å². The summed E-state index contributed by atoms with van der Waals surface area (Å²) in [6.07, 6.45) is 5.68. The standard InChI is InChI=1S/C10H16N2O3S.C9H19O5PS/c1-8-3-4-10(15-8)16-12(2)6-5-9(14)11-7-13;1-9(2,7-10)8(11)16-6-5-14-15(12-3)13-4/h5-8,10H,3-4H2,1-2H3,(H,11,13,14);10H,5-7H2,1-4H3/b6-5+;. The number of hydrogen-bond donors (Lipinski definition) is 2. The van der Waals surface area contributed by atoms with Crippen LogP contribution in [0.25, 0.3) is 0 Å². The maximum absolute atomic E-state index is 11.6. The third-order valence-corrected chi connectivity index (χ3v) is 7.08. The Bertz CT molecular complexity index is 594. The highest BCUT2D eigenvalue weighted by atomic mass is 32.2. The minimum absolute atomic E-state index is 0.0437. The summed E-state index contributed by atoms with van der Waals surface area (Å²) >= 11 is 2.67. The molecule has 0 aliphatic carbocycles. The van der Waals surface area contributed by atoms with Gasteiger partial charge in [0.2, 0.25) is 6.41 Å².